The molecule has 0 radical (unpaired) electrons. The Morgan fingerprint density at radius 3 is 2.75 bits per heavy atom. The van der Waals surface area contributed by atoms with Crippen LogP contribution in [0.4, 0.5) is 8.78 Å². The van der Waals surface area contributed by atoms with Gasteiger partial charge in [0.2, 0.25) is 5.78 Å². The molecule has 2 nitrogen and oxygen atoms in total. The van der Waals surface area contributed by atoms with Crippen LogP contribution in [0.3, 0.4) is 0 Å². The molecule has 0 aliphatic heterocycles. The number of aromatic nitrogens is 1. The molecule has 0 unspecified atom stereocenters. The molecule has 0 saturated heterocycles. The summed E-state index contributed by atoms with van der Waals surface area (Å²) >= 11 is 1.29. The molecule has 0 aliphatic rings. The topological polar surface area (TPSA) is 30.0 Å². The monoisotopic (exact) mass is 239 g/mol. The molecule has 16 heavy (non-hydrogen) atoms. The van der Waals surface area contributed by atoms with Crippen molar-refractivity contribution in [2.24, 2.45) is 0 Å². The highest BCUT2D eigenvalue weighted by Gasteiger charge is 2.18. The number of carbonyl (C=O) groups excluding carboxylic acids is 1. The van der Waals surface area contributed by atoms with Crippen molar-refractivity contribution >= 4 is 17.1 Å². The fraction of sp³-hybridized carbons (Fsp3) is 0.0909. The van der Waals surface area contributed by atoms with E-state index in [2.05, 4.69) is 4.98 Å². The van der Waals surface area contributed by atoms with E-state index in [1.54, 1.807) is 6.92 Å². The van der Waals surface area contributed by atoms with E-state index in [1.807, 2.05) is 0 Å². The summed E-state index contributed by atoms with van der Waals surface area (Å²) in [5.74, 6) is -2.75. The predicted molar refractivity (Wildman–Crippen MR) is 56.6 cm³/mol. The number of benzene rings is 1. The normalized spacial score (nSPS) is 10.4. The van der Waals surface area contributed by atoms with Gasteiger partial charge in [-0.2, -0.15) is 0 Å². The molecule has 2 rings (SSSR count). The first-order valence-corrected chi connectivity index (χ1v) is 5.38. The second kappa shape index (κ2) is 4.09. The lowest BCUT2D eigenvalue weighted by Crippen LogP contribution is -2.06. The van der Waals surface area contributed by atoms with E-state index < -0.39 is 17.4 Å². The second-order valence-electron chi connectivity index (χ2n) is 3.18. The number of hydrogen-bond donors (Lipinski definition) is 0. The van der Waals surface area contributed by atoms with Crippen LogP contribution in [-0.2, 0) is 0 Å². The average Bonchev–Trinajstić information content (AvgIpc) is 2.68. The number of carbonyl (C=O) groups is 1. The molecule has 2 aromatic rings. The van der Waals surface area contributed by atoms with Crippen LogP contribution in [0.25, 0.3) is 0 Å². The Kier molecular flexibility index (Phi) is 2.78. The summed E-state index contributed by atoms with van der Waals surface area (Å²) in [5, 5.41) is 2.24. The number of aryl methyl sites for hydroxylation is 1. The lowest BCUT2D eigenvalue weighted by atomic mass is 10.1. The van der Waals surface area contributed by atoms with E-state index in [9.17, 15) is 13.6 Å². The number of ketones is 1. The zero-order chi connectivity index (χ0) is 11.7. The molecule has 5 heteroatoms. The van der Waals surface area contributed by atoms with Crippen molar-refractivity contribution in [2.75, 3.05) is 0 Å². The summed E-state index contributed by atoms with van der Waals surface area (Å²) in [7, 11) is 0. The Morgan fingerprint density at radius 2 is 2.12 bits per heavy atom. The molecule has 0 atom stereocenters. The van der Waals surface area contributed by atoms with Crippen LogP contribution in [0.2, 0.25) is 0 Å². The third-order valence-electron chi connectivity index (χ3n) is 2.05. The van der Waals surface area contributed by atoms with Gasteiger partial charge >= 0.3 is 0 Å². The average molecular weight is 239 g/mol. The fourth-order valence-corrected chi connectivity index (χ4v) is 1.88. The van der Waals surface area contributed by atoms with Gasteiger partial charge in [-0.15, -0.1) is 11.3 Å². The number of halogens is 2. The van der Waals surface area contributed by atoms with Crippen molar-refractivity contribution in [3.05, 3.63) is 51.5 Å². The third-order valence-corrected chi connectivity index (χ3v) is 2.82. The number of rotatable bonds is 2. The standard InChI is InChI=1S/C11H7F2NOS/c1-6-14-9(5-16-6)11(15)7-3-2-4-8(12)10(7)13/h2-5H,1H3. The van der Waals surface area contributed by atoms with Crippen molar-refractivity contribution in [3.63, 3.8) is 0 Å². The molecule has 0 spiro atoms. The van der Waals surface area contributed by atoms with Gasteiger partial charge in [-0.3, -0.25) is 4.79 Å². The Balaban J connectivity index is 2.45. The van der Waals surface area contributed by atoms with Gasteiger partial charge in [0.25, 0.3) is 0 Å². The summed E-state index contributed by atoms with van der Waals surface area (Å²) < 4.78 is 26.2. The minimum Gasteiger partial charge on any atom is -0.287 e. The first-order chi connectivity index (χ1) is 7.59. The zero-order valence-electron chi connectivity index (χ0n) is 8.33. The molecule has 0 amide bonds. The quantitative estimate of drug-likeness (QED) is 0.754. The summed E-state index contributed by atoms with van der Waals surface area (Å²) in [4.78, 5) is 15.7. The van der Waals surface area contributed by atoms with E-state index in [1.165, 1.54) is 28.8 Å². The molecular weight excluding hydrogens is 232 g/mol. The van der Waals surface area contributed by atoms with Crippen molar-refractivity contribution in [1.82, 2.24) is 4.98 Å². The minimum atomic E-state index is -1.13. The molecule has 0 saturated carbocycles. The highest BCUT2D eigenvalue weighted by molar-refractivity contribution is 7.09. The van der Waals surface area contributed by atoms with Crippen molar-refractivity contribution in [3.8, 4) is 0 Å². The molecule has 0 fully saturated rings. The number of thiazole rings is 1. The smallest absolute Gasteiger partial charge is 0.215 e. The largest absolute Gasteiger partial charge is 0.287 e. The van der Waals surface area contributed by atoms with Crippen LogP contribution in [0.15, 0.2) is 23.6 Å². The van der Waals surface area contributed by atoms with E-state index in [4.69, 9.17) is 0 Å². The maximum absolute atomic E-state index is 13.3. The van der Waals surface area contributed by atoms with Gasteiger partial charge in [0.15, 0.2) is 11.6 Å². The molecule has 0 N–H and O–H groups in total. The molecule has 82 valence electrons. The maximum Gasteiger partial charge on any atom is 0.215 e. The highest BCUT2D eigenvalue weighted by Crippen LogP contribution is 2.17. The zero-order valence-corrected chi connectivity index (χ0v) is 9.15. The molecule has 1 aromatic carbocycles. The van der Waals surface area contributed by atoms with E-state index in [0.717, 1.165) is 6.07 Å². The van der Waals surface area contributed by atoms with Crippen LogP contribution in [0.1, 0.15) is 21.1 Å². The fourth-order valence-electron chi connectivity index (χ4n) is 1.28. The predicted octanol–water partition coefficient (Wildman–Crippen LogP) is 2.96. The lowest BCUT2D eigenvalue weighted by Gasteiger charge is -2.00. The van der Waals surface area contributed by atoms with Gasteiger partial charge in [0.05, 0.1) is 10.6 Å². The third kappa shape index (κ3) is 1.86. The second-order valence-corrected chi connectivity index (χ2v) is 4.24. The van der Waals surface area contributed by atoms with Crippen molar-refractivity contribution in [2.45, 2.75) is 6.92 Å². The summed E-state index contributed by atoms with van der Waals surface area (Å²) in [6.07, 6.45) is 0. The van der Waals surface area contributed by atoms with Crippen LogP contribution < -0.4 is 0 Å². The maximum atomic E-state index is 13.3. The first kappa shape index (κ1) is 10.9. The van der Waals surface area contributed by atoms with Gasteiger partial charge in [-0.05, 0) is 19.1 Å². The van der Waals surface area contributed by atoms with Crippen LogP contribution in [0, 0.1) is 18.6 Å². The van der Waals surface area contributed by atoms with Gasteiger partial charge < -0.3 is 0 Å². The summed E-state index contributed by atoms with van der Waals surface area (Å²) in [6, 6.07) is 3.51. The number of hydrogen-bond acceptors (Lipinski definition) is 3. The Labute approximate surface area is 94.6 Å². The van der Waals surface area contributed by atoms with E-state index in [0.29, 0.717) is 5.01 Å². The van der Waals surface area contributed by atoms with Gasteiger partial charge in [0, 0.05) is 5.38 Å². The number of nitrogens with zero attached hydrogens (tertiary/aromatic N) is 1. The van der Waals surface area contributed by atoms with Crippen LogP contribution in [0.5, 0.6) is 0 Å². The molecule has 1 aromatic heterocycles. The Hall–Kier alpha value is -1.62. The van der Waals surface area contributed by atoms with Gasteiger partial charge in [-0.1, -0.05) is 6.07 Å². The Bertz CT molecular complexity index is 551. The molecular formula is C11H7F2NOS. The molecule has 0 aliphatic carbocycles. The summed E-state index contributed by atoms with van der Waals surface area (Å²) in [6.45, 7) is 1.74. The van der Waals surface area contributed by atoms with E-state index >= 15 is 0 Å². The first-order valence-electron chi connectivity index (χ1n) is 4.50. The van der Waals surface area contributed by atoms with Gasteiger partial charge in [-0.25, -0.2) is 13.8 Å². The Morgan fingerprint density at radius 1 is 1.38 bits per heavy atom. The van der Waals surface area contributed by atoms with Crippen LogP contribution >= 0.6 is 11.3 Å². The lowest BCUT2D eigenvalue weighted by molar-refractivity contribution is 0.103. The van der Waals surface area contributed by atoms with E-state index in [-0.39, 0.29) is 11.3 Å². The van der Waals surface area contributed by atoms with Crippen molar-refractivity contribution < 1.29 is 13.6 Å². The summed E-state index contributed by atoms with van der Waals surface area (Å²) in [5.41, 5.74) is -0.141. The van der Waals surface area contributed by atoms with Crippen LogP contribution in [-0.4, -0.2) is 10.8 Å². The molecule has 0 bridgehead atoms. The highest BCUT2D eigenvalue weighted by atomic mass is 32.1. The molecule has 1 heterocycles. The SMILES string of the molecule is Cc1nc(C(=O)c2cccc(F)c2F)cs1. The van der Waals surface area contributed by atoms with Gasteiger partial charge in [0.1, 0.15) is 5.69 Å². The van der Waals surface area contributed by atoms with Crippen molar-refractivity contribution in [1.29, 1.82) is 0 Å². The minimum absolute atomic E-state index is 0.145.